The van der Waals surface area contributed by atoms with Crippen LogP contribution in [0.25, 0.3) is 56.0 Å². The number of allylic oxidation sites excluding steroid dienone is 1. The third kappa shape index (κ3) is 4.15. The number of H-pyrrole nitrogens is 2. The molecule has 10 heteroatoms. The van der Waals surface area contributed by atoms with E-state index in [9.17, 15) is 4.39 Å². The minimum atomic E-state index is -0.546. The van der Waals surface area contributed by atoms with E-state index in [-0.39, 0.29) is 16.9 Å². The average molecular weight is 509 g/mol. The standard InChI is InChI=1S/C28H22F2N8/c1-3-4-15(2)34-19-11-17(12-31-13-19)24-23(30)22-21(14-33-24)37-38-27(22)28-35-20-9-10-32-25(26(20)36-28)16-5-7-18(29)8-6-16/h5-14,34H,2-4H2,1H3,(H,35,36)(H,37,38). The molecule has 0 amide bonds. The Morgan fingerprint density at radius 2 is 1.79 bits per heavy atom. The van der Waals surface area contributed by atoms with Crippen LogP contribution in [-0.2, 0) is 0 Å². The van der Waals surface area contributed by atoms with Gasteiger partial charge in [-0.05, 0) is 42.8 Å². The first-order valence-corrected chi connectivity index (χ1v) is 12.1. The van der Waals surface area contributed by atoms with Gasteiger partial charge in [-0.2, -0.15) is 5.10 Å². The smallest absolute Gasteiger partial charge is 0.161 e. The Hall–Kier alpha value is -4.99. The van der Waals surface area contributed by atoms with Crippen molar-refractivity contribution in [3.63, 3.8) is 0 Å². The van der Waals surface area contributed by atoms with Gasteiger partial charge in [-0.3, -0.25) is 20.1 Å². The van der Waals surface area contributed by atoms with Crippen molar-refractivity contribution in [3.05, 3.63) is 85.1 Å². The van der Waals surface area contributed by atoms with Crippen molar-refractivity contribution in [1.29, 1.82) is 0 Å². The van der Waals surface area contributed by atoms with Crippen LogP contribution in [0.4, 0.5) is 14.5 Å². The van der Waals surface area contributed by atoms with Crippen LogP contribution in [-0.4, -0.2) is 35.1 Å². The van der Waals surface area contributed by atoms with Gasteiger partial charge in [0.2, 0.25) is 0 Å². The molecule has 0 aliphatic rings. The first kappa shape index (κ1) is 23.4. The highest BCUT2D eigenvalue weighted by Gasteiger charge is 2.21. The molecule has 5 aromatic heterocycles. The van der Waals surface area contributed by atoms with Crippen LogP contribution < -0.4 is 5.32 Å². The minimum Gasteiger partial charge on any atom is -0.358 e. The van der Waals surface area contributed by atoms with E-state index in [2.05, 4.69) is 49.0 Å². The molecular formula is C28H22F2N8. The predicted molar refractivity (Wildman–Crippen MR) is 143 cm³/mol. The summed E-state index contributed by atoms with van der Waals surface area (Å²) < 4.78 is 29.5. The molecule has 0 fully saturated rings. The molecule has 0 bridgehead atoms. The number of rotatable bonds is 7. The van der Waals surface area contributed by atoms with E-state index in [0.29, 0.717) is 50.6 Å². The fraction of sp³-hybridized carbons (Fsp3) is 0.107. The quantitative estimate of drug-likeness (QED) is 0.223. The first-order valence-electron chi connectivity index (χ1n) is 12.1. The van der Waals surface area contributed by atoms with Crippen molar-refractivity contribution in [3.8, 4) is 34.0 Å². The van der Waals surface area contributed by atoms with E-state index in [1.165, 1.54) is 18.3 Å². The molecule has 6 rings (SSSR count). The summed E-state index contributed by atoms with van der Waals surface area (Å²) in [5.41, 5.74) is 5.48. The van der Waals surface area contributed by atoms with E-state index < -0.39 is 5.82 Å². The molecule has 3 N–H and O–H groups in total. The lowest BCUT2D eigenvalue weighted by Gasteiger charge is -2.10. The number of aromatic amines is 2. The van der Waals surface area contributed by atoms with Crippen LogP contribution in [0, 0.1) is 11.6 Å². The maximum Gasteiger partial charge on any atom is 0.161 e. The number of halogens is 2. The third-order valence-corrected chi connectivity index (χ3v) is 6.17. The maximum absolute atomic E-state index is 16.0. The Morgan fingerprint density at radius 1 is 0.947 bits per heavy atom. The Kier molecular flexibility index (Phi) is 5.83. The molecule has 0 aliphatic carbocycles. The van der Waals surface area contributed by atoms with Gasteiger partial charge < -0.3 is 10.3 Å². The molecule has 0 radical (unpaired) electrons. The van der Waals surface area contributed by atoms with E-state index in [0.717, 1.165) is 18.5 Å². The summed E-state index contributed by atoms with van der Waals surface area (Å²) in [6.07, 6.45) is 8.17. The third-order valence-electron chi connectivity index (χ3n) is 6.17. The largest absolute Gasteiger partial charge is 0.358 e. The number of fused-ring (bicyclic) bond motifs is 2. The van der Waals surface area contributed by atoms with E-state index in [1.807, 2.05) is 0 Å². The van der Waals surface area contributed by atoms with Crippen LogP contribution in [0.5, 0.6) is 0 Å². The Bertz CT molecular complexity index is 1800. The van der Waals surface area contributed by atoms with Gasteiger partial charge in [-0.1, -0.05) is 19.9 Å². The van der Waals surface area contributed by atoms with Crippen molar-refractivity contribution >= 4 is 27.6 Å². The molecule has 38 heavy (non-hydrogen) atoms. The molecule has 0 spiro atoms. The summed E-state index contributed by atoms with van der Waals surface area (Å²) in [4.78, 5) is 20.9. The lowest BCUT2D eigenvalue weighted by atomic mass is 10.1. The summed E-state index contributed by atoms with van der Waals surface area (Å²) >= 11 is 0. The molecule has 6 aromatic rings. The zero-order valence-electron chi connectivity index (χ0n) is 20.4. The normalized spacial score (nSPS) is 11.3. The number of imidazole rings is 1. The monoisotopic (exact) mass is 508 g/mol. The fourth-order valence-corrected chi connectivity index (χ4v) is 4.42. The molecule has 0 atom stereocenters. The molecule has 5 heterocycles. The fourth-order valence-electron chi connectivity index (χ4n) is 4.42. The Morgan fingerprint density at radius 3 is 2.61 bits per heavy atom. The molecule has 188 valence electrons. The average Bonchev–Trinajstić information content (AvgIpc) is 3.54. The van der Waals surface area contributed by atoms with Crippen LogP contribution in [0.2, 0.25) is 0 Å². The van der Waals surface area contributed by atoms with Crippen LogP contribution in [0.3, 0.4) is 0 Å². The Balaban J connectivity index is 1.44. The molecular weight excluding hydrogens is 486 g/mol. The second-order valence-electron chi connectivity index (χ2n) is 8.87. The second kappa shape index (κ2) is 9.47. The summed E-state index contributed by atoms with van der Waals surface area (Å²) in [5, 5.41) is 10.6. The topological polar surface area (TPSA) is 108 Å². The van der Waals surface area contributed by atoms with Gasteiger partial charge in [0.05, 0.1) is 40.2 Å². The van der Waals surface area contributed by atoms with Crippen molar-refractivity contribution < 1.29 is 8.78 Å². The van der Waals surface area contributed by atoms with E-state index >= 15 is 4.39 Å². The highest BCUT2D eigenvalue weighted by atomic mass is 19.1. The molecule has 0 saturated carbocycles. The van der Waals surface area contributed by atoms with Crippen molar-refractivity contribution in [2.45, 2.75) is 19.8 Å². The van der Waals surface area contributed by atoms with Crippen molar-refractivity contribution in [2.24, 2.45) is 0 Å². The zero-order chi connectivity index (χ0) is 26.2. The first-order chi connectivity index (χ1) is 18.5. The van der Waals surface area contributed by atoms with Gasteiger partial charge in [0.25, 0.3) is 0 Å². The predicted octanol–water partition coefficient (Wildman–Crippen LogP) is 6.63. The van der Waals surface area contributed by atoms with Gasteiger partial charge in [0, 0.05) is 29.2 Å². The number of anilines is 1. The lowest BCUT2D eigenvalue weighted by Crippen LogP contribution is -1.99. The van der Waals surface area contributed by atoms with Crippen molar-refractivity contribution in [1.82, 2.24) is 35.1 Å². The van der Waals surface area contributed by atoms with Crippen LogP contribution in [0.15, 0.2) is 73.5 Å². The van der Waals surface area contributed by atoms with E-state index in [4.69, 9.17) is 4.98 Å². The number of aromatic nitrogens is 7. The van der Waals surface area contributed by atoms with Gasteiger partial charge >= 0.3 is 0 Å². The van der Waals surface area contributed by atoms with Gasteiger partial charge in [0.15, 0.2) is 11.6 Å². The summed E-state index contributed by atoms with van der Waals surface area (Å²) in [7, 11) is 0. The van der Waals surface area contributed by atoms with Gasteiger partial charge in [0.1, 0.15) is 22.7 Å². The van der Waals surface area contributed by atoms with Gasteiger partial charge in [-0.15, -0.1) is 0 Å². The highest BCUT2D eigenvalue weighted by molar-refractivity contribution is 5.97. The van der Waals surface area contributed by atoms with Crippen LogP contribution >= 0.6 is 0 Å². The number of benzene rings is 1. The summed E-state index contributed by atoms with van der Waals surface area (Å²) in [6.45, 7) is 6.08. The van der Waals surface area contributed by atoms with Gasteiger partial charge in [-0.25, -0.2) is 13.8 Å². The molecule has 0 aliphatic heterocycles. The molecule has 8 nitrogen and oxygen atoms in total. The van der Waals surface area contributed by atoms with Crippen molar-refractivity contribution in [2.75, 3.05) is 5.32 Å². The van der Waals surface area contributed by atoms with Crippen LogP contribution in [0.1, 0.15) is 19.8 Å². The Labute approximate surface area is 215 Å². The maximum atomic E-state index is 16.0. The molecule has 0 unspecified atom stereocenters. The number of pyridine rings is 3. The number of hydrogen-bond donors (Lipinski definition) is 3. The second-order valence-corrected chi connectivity index (χ2v) is 8.87. The SMILES string of the molecule is C=C(CCC)Nc1cncc(-c2ncc3[nH]nc(-c4nc5c(-c6ccc(F)cc6)nccc5[nH]4)c3c2F)c1. The lowest BCUT2D eigenvalue weighted by molar-refractivity contribution is 0.628. The summed E-state index contributed by atoms with van der Waals surface area (Å²) in [6, 6.07) is 9.57. The number of nitrogens with zero attached hydrogens (tertiary/aromatic N) is 5. The zero-order valence-corrected chi connectivity index (χ0v) is 20.4. The summed E-state index contributed by atoms with van der Waals surface area (Å²) in [5.74, 6) is -0.521. The highest BCUT2D eigenvalue weighted by Crippen LogP contribution is 2.34. The number of nitrogens with one attached hydrogen (secondary N) is 3. The molecule has 0 saturated heterocycles. The minimum absolute atomic E-state index is 0.141. The molecule has 1 aromatic carbocycles. The number of hydrogen-bond acceptors (Lipinski definition) is 6. The van der Waals surface area contributed by atoms with E-state index in [1.54, 1.807) is 42.9 Å².